The number of rotatable bonds is 15. The van der Waals surface area contributed by atoms with Gasteiger partial charge in [0.2, 0.25) is 17.7 Å². The Bertz CT molecular complexity index is 1130. The number of carbonyl (C=O) groups excluding carboxylic acids is 3. The van der Waals surface area contributed by atoms with Crippen LogP contribution in [0.15, 0.2) is 60.7 Å². The molecule has 0 radical (unpaired) electrons. The molecule has 0 aliphatic rings. The van der Waals surface area contributed by atoms with Crippen LogP contribution in [0.4, 0.5) is 0 Å². The van der Waals surface area contributed by atoms with Gasteiger partial charge in [-0.25, -0.2) is 4.79 Å². The van der Waals surface area contributed by atoms with Crippen molar-refractivity contribution in [3.63, 3.8) is 0 Å². The summed E-state index contributed by atoms with van der Waals surface area (Å²) in [6, 6.07) is 13.1. The van der Waals surface area contributed by atoms with Crippen molar-refractivity contribution in [1.82, 2.24) is 16.0 Å². The zero-order chi connectivity index (χ0) is 28.9. The highest BCUT2D eigenvalue weighted by Crippen LogP contribution is 2.09. The molecule has 3 amide bonds. The van der Waals surface area contributed by atoms with E-state index in [2.05, 4.69) is 16.0 Å². The van der Waals surface area contributed by atoms with Crippen LogP contribution in [0, 0.1) is 5.92 Å². The van der Waals surface area contributed by atoms with E-state index in [1.807, 2.05) is 6.07 Å². The van der Waals surface area contributed by atoms with Crippen molar-refractivity contribution >= 4 is 29.7 Å². The number of carbonyl (C=O) groups is 5. The van der Waals surface area contributed by atoms with Gasteiger partial charge in [-0.15, -0.1) is 0 Å². The number of hydrogen-bond donors (Lipinski definition) is 6. The predicted molar refractivity (Wildman–Crippen MR) is 143 cm³/mol. The second-order valence-corrected chi connectivity index (χ2v) is 9.61. The van der Waals surface area contributed by atoms with Crippen molar-refractivity contribution in [1.29, 1.82) is 0 Å². The minimum absolute atomic E-state index is 0.0377. The molecule has 0 fully saturated rings. The number of nitrogens with one attached hydrogen (secondary N) is 3. The first-order chi connectivity index (χ1) is 18.5. The highest BCUT2D eigenvalue weighted by atomic mass is 16.4. The number of amides is 3. The van der Waals surface area contributed by atoms with Crippen molar-refractivity contribution in [2.24, 2.45) is 11.7 Å². The van der Waals surface area contributed by atoms with E-state index in [-0.39, 0.29) is 19.3 Å². The lowest BCUT2D eigenvalue weighted by Gasteiger charge is -2.26. The maximum Gasteiger partial charge on any atom is 0.326 e. The molecule has 2 aromatic rings. The zero-order valence-corrected chi connectivity index (χ0v) is 22.0. The third kappa shape index (κ3) is 10.6. The molecule has 0 saturated carbocycles. The van der Waals surface area contributed by atoms with Gasteiger partial charge in [0.1, 0.15) is 18.1 Å². The second kappa shape index (κ2) is 15.2. The van der Waals surface area contributed by atoms with Gasteiger partial charge in [-0.1, -0.05) is 74.5 Å². The molecule has 0 aliphatic carbocycles. The van der Waals surface area contributed by atoms with Crippen molar-refractivity contribution < 1.29 is 34.2 Å². The molecule has 0 heterocycles. The number of carboxylic acids is 2. The van der Waals surface area contributed by atoms with Crippen molar-refractivity contribution in [3.05, 3.63) is 71.8 Å². The van der Waals surface area contributed by atoms with Gasteiger partial charge in [-0.05, 0) is 29.9 Å². The van der Waals surface area contributed by atoms with Crippen molar-refractivity contribution in [2.75, 3.05) is 0 Å². The summed E-state index contributed by atoms with van der Waals surface area (Å²) in [7, 11) is 0. The van der Waals surface area contributed by atoms with E-state index in [9.17, 15) is 29.1 Å². The SMILES string of the molecule is CC(C)C(NC(=O)C(Cc1ccccc1)NC(=O)C(CCC(=O)O)NC(=O)C(N)Cc1ccccc1)C(=O)O. The fourth-order valence-electron chi connectivity index (χ4n) is 3.87. The Morgan fingerprint density at radius 2 is 1.21 bits per heavy atom. The minimum Gasteiger partial charge on any atom is -0.481 e. The first-order valence-electron chi connectivity index (χ1n) is 12.7. The monoisotopic (exact) mass is 540 g/mol. The summed E-state index contributed by atoms with van der Waals surface area (Å²) in [5.74, 6) is -4.98. The first-order valence-corrected chi connectivity index (χ1v) is 12.7. The maximum absolute atomic E-state index is 13.3. The highest BCUT2D eigenvalue weighted by Gasteiger charge is 2.31. The molecule has 2 rings (SSSR count). The molecule has 7 N–H and O–H groups in total. The van der Waals surface area contributed by atoms with Crippen LogP contribution in [0.1, 0.15) is 37.8 Å². The predicted octanol–water partition coefficient (Wildman–Crippen LogP) is 0.859. The average Bonchev–Trinajstić information content (AvgIpc) is 2.89. The smallest absolute Gasteiger partial charge is 0.326 e. The average molecular weight is 541 g/mol. The third-order valence-corrected chi connectivity index (χ3v) is 6.06. The standard InChI is InChI=1S/C28H36N4O7/c1-17(2)24(28(38)39)32-27(37)22(16-19-11-7-4-8-12-19)31-26(36)21(13-14-23(33)34)30-25(35)20(29)15-18-9-5-3-6-10-18/h3-12,17,20-22,24H,13-16,29H2,1-2H3,(H,30,35)(H,31,36)(H,32,37)(H,33,34)(H,38,39). The maximum atomic E-state index is 13.3. The van der Waals surface area contributed by atoms with Crippen LogP contribution in [0.3, 0.4) is 0 Å². The summed E-state index contributed by atoms with van der Waals surface area (Å²) in [5.41, 5.74) is 7.55. The first kappa shape index (κ1) is 31.0. The topological polar surface area (TPSA) is 188 Å². The van der Waals surface area contributed by atoms with E-state index in [0.717, 1.165) is 5.56 Å². The van der Waals surface area contributed by atoms with Crippen LogP contribution in [-0.4, -0.2) is 64.0 Å². The van der Waals surface area contributed by atoms with Crippen LogP contribution < -0.4 is 21.7 Å². The molecule has 210 valence electrons. The summed E-state index contributed by atoms with van der Waals surface area (Å²) in [4.78, 5) is 62.1. The van der Waals surface area contributed by atoms with Crippen LogP contribution in [0.2, 0.25) is 0 Å². The molecule has 11 heteroatoms. The summed E-state index contributed by atoms with van der Waals surface area (Å²) >= 11 is 0. The van der Waals surface area contributed by atoms with E-state index >= 15 is 0 Å². The van der Waals surface area contributed by atoms with Crippen LogP contribution in [0.25, 0.3) is 0 Å². The molecular weight excluding hydrogens is 504 g/mol. The van der Waals surface area contributed by atoms with E-state index in [4.69, 9.17) is 10.8 Å². The van der Waals surface area contributed by atoms with Gasteiger partial charge in [0, 0.05) is 12.8 Å². The third-order valence-electron chi connectivity index (χ3n) is 6.06. The zero-order valence-electron chi connectivity index (χ0n) is 22.0. The largest absolute Gasteiger partial charge is 0.481 e. The quantitative estimate of drug-likeness (QED) is 0.192. The van der Waals surface area contributed by atoms with Crippen LogP contribution in [-0.2, 0) is 36.8 Å². The molecule has 0 saturated heterocycles. The lowest BCUT2D eigenvalue weighted by atomic mass is 10.0. The van der Waals surface area contributed by atoms with Gasteiger partial charge < -0.3 is 31.9 Å². The molecule has 4 atom stereocenters. The number of carboxylic acid groups (broad SMARTS) is 2. The number of aliphatic carboxylic acids is 2. The number of hydrogen-bond acceptors (Lipinski definition) is 6. The fourth-order valence-corrected chi connectivity index (χ4v) is 3.87. The molecule has 39 heavy (non-hydrogen) atoms. The van der Waals surface area contributed by atoms with Gasteiger partial charge in [-0.3, -0.25) is 19.2 Å². The molecule has 0 spiro atoms. The van der Waals surface area contributed by atoms with E-state index in [0.29, 0.717) is 5.56 Å². The highest BCUT2D eigenvalue weighted by molar-refractivity contribution is 5.94. The summed E-state index contributed by atoms with van der Waals surface area (Å²) < 4.78 is 0. The Kier molecular flexibility index (Phi) is 12.1. The van der Waals surface area contributed by atoms with E-state index in [1.54, 1.807) is 68.4 Å². The lowest BCUT2D eigenvalue weighted by Crippen LogP contribution is -2.58. The normalized spacial score (nSPS) is 13.9. The Labute approximate surface area is 227 Å². The van der Waals surface area contributed by atoms with Gasteiger partial charge in [-0.2, -0.15) is 0 Å². The summed E-state index contributed by atoms with van der Waals surface area (Å²) in [5, 5.41) is 26.2. The second-order valence-electron chi connectivity index (χ2n) is 9.61. The van der Waals surface area contributed by atoms with E-state index < -0.39 is 66.2 Å². The molecule has 0 aromatic heterocycles. The van der Waals surface area contributed by atoms with Crippen molar-refractivity contribution in [3.8, 4) is 0 Å². The van der Waals surface area contributed by atoms with Gasteiger partial charge in [0.15, 0.2) is 0 Å². The van der Waals surface area contributed by atoms with Crippen LogP contribution >= 0.6 is 0 Å². The van der Waals surface area contributed by atoms with Crippen molar-refractivity contribution in [2.45, 2.75) is 63.7 Å². The lowest BCUT2D eigenvalue weighted by molar-refractivity contribution is -0.143. The minimum atomic E-state index is -1.29. The molecule has 0 bridgehead atoms. The fraction of sp³-hybridized carbons (Fsp3) is 0.393. The molecule has 2 aromatic carbocycles. The van der Waals surface area contributed by atoms with Gasteiger partial charge in [0.05, 0.1) is 6.04 Å². The van der Waals surface area contributed by atoms with Crippen LogP contribution in [0.5, 0.6) is 0 Å². The van der Waals surface area contributed by atoms with Gasteiger partial charge in [0.25, 0.3) is 0 Å². The molecule has 4 unspecified atom stereocenters. The Morgan fingerprint density at radius 1 is 0.718 bits per heavy atom. The molecule has 0 aliphatic heterocycles. The Balaban J connectivity index is 2.22. The number of benzene rings is 2. The molecular formula is C28H36N4O7. The van der Waals surface area contributed by atoms with E-state index in [1.165, 1.54) is 0 Å². The Hall–Kier alpha value is -4.25. The Morgan fingerprint density at radius 3 is 1.69 bits per heavy atom. The summed E-state index contributed by atoms with van der Waals surface area (Å²) in [6.07, 6.45) is -0.425. The summed E-state index contributed by atoms with van der Waals surface area (Å²) in [6.45, 7) is 3.28. The van der Waals surface area contributed by atoms with Gasteiger partial charge >= 0.3 is 11.9 Å². The molecule has 11 nitrogen and oxygen atoms in total. The number of nitrogens with two attached hydrogens (primary N) is 1.